The Morgan fingerprint density at radius 1 is 1.37 bits per heavy atom. The fraction of sp³-hybridized carbons (Fsp3) is 0.800. The number of fused-ring (bicyclic) bond motifs is 2. The molecule has 4 nitrogen and oxygen atoms in total. The van der Waals surface area contributed by atoms with Gasteiger partial charge in [0, 0.05) is 24.2 Å². The molecule has 0 radical (unpaired) electrons. The standard InChI is InChI=1S/C15H25N3O/c1-3-6-18(10-15-7-11(2)17-19-15)14-8-12-4-5-13(9-14)16-12/h7,12-14,16H,3-6,8-10H2,1-2H3. The van der Waals surface area contributed by atoms with Crippen molar-refractivity contribution >= 4 is 0 Å². The summed E-state index contributed by atoms with van der Waals surface area (Å²) >= 11 is 0. The van der Waals surface area contributed by atoms with Gasteiger partial charge in [-0.25, -0.2) is 0 Å². The second kappa shape index (κ2) is 5.63. The lowest BCUT2D eigenvalue weighted by molar-refractivity contribution is 0.122. The van der Waals surface area contributed by atoms with Crippen molar-refractivity contribution in [3.05, 3.63) is 17.5 Å². The number of hydrogen-bond donors (Lipinski definition) is 1. The number of aryl methyl sites for hydroxylation is 1. The molecule has 1 aromatic rings. The predicted octanol–water partition coefficient (Wildman–Crippen LogP) is 2.48. The molecule has 2 saturated heterocycles. The minimum Gasteiger partial charge on any atom is -0.360 e. The first-order valence-electron chi connectivity index (χ1n) is 7.67. The normalized spacial score (nSPS) is 30.2. The largest absolute Gasteiger partial charge is 0.360 e. The van der Waals surface area contributed by atoms with Crippen molar-refractivity contribution in [2.75, 3.05) is 6.54 Å². The maximum atomic E-state index is 5.39. The third kappa shape index (κ3) is 3.00. The first-order valence-corrected chi connectivity index (χ1v) is 7.67. The van der Waals surface area contributed by atoms with Gasteiger partial charge in [0.15, 0.2) is 5.76 Å². The molecule has 2 bridgehead atoms. The highest BCUT2D eigenvalue weighted by Gasteiger charge is 2.36. The summed E-state index contributed by atoms with van der Waals surface area (Å²) in [6.07, 6.45) is 6.52. The lowest BCUT2D eigenvalue weighted by Gasteiger charge is -2.37. The maximum Gasteiger partial charge on any atom is 0.150 e. The topological polar surface area (TPSA) is 41.3 Å². The molecule has 106 valence electrons. The quantitative estimate of drug-likeness (QED) is 0.886. The Kier molecular flexibility index (Phi) is 3.89. The third-order valence-electron chi connectivity index (χ3n) is 4.51. The van der Waals surface area contributed by atoms with Crippen molar-refractivity contribution in [1.29, 1.82) is 0 Å². The van der Waals surface area contributed by atoms with Crippen LogP contribution in [-0.2, 0) is 6.54 Å². The summed E-state index contributed by atoms with van der Waals surface area (Å²) in [5, 5.41) is 7.73. The van der Waals surface area contributed by atoms with E-state index in [1.807, 2.05) is 6.92 Å². The first kappa shape index (κ1) is 13.1. The minimum atomic E-state index is 0.712. The summed E-state index contributed by atoms with van der Waals surface area (Å²) in [5.74, 6) is 1.01. The lowest BCUT2D eigenvalue weighted by Crippen LogP contribution is -2.48. The van der Waals surface area contributed by atoms with Gasteiger partial charge in [-0.15, -0.1) is 0 Å². The summed E-state index contributed by atoms with van der Waals surface area (Å²) < 4.78 is 5.39. The van der Waals surface area contributed by atoms with Crippen molar-refractivity contribution in [3.8, 4) is 0 Å². The van der Waals surface area contributed by atoms with E-state index in [-0.39, 0.29) is 0 Å². The average Bonchev–Trinajstić information content (AvgIpc) is 2.95. The van der Waals surface area contributed by atoms with Crippen LogP contribution in [0.2, 0.25) is 0 Å². The van der Waals surface area contributed by atoms with Gasteiger partial charge in [-0.3, -0.25) is 4.90 Å². The SMILES string of the molecule is CCCN(Cc1cc(C)no1)C1CC2CCC(C1)N2. The van der Waals surface area contributed by atoms with E-state index in [4.69, 9.17) is 4.52 Å². The molecule has 0 amide bonds. The molecule has 1 aromatic heterocycles. The number of piperidine rings is 1. The molecule has 3 heterocycles. The third-order valence-corrected chi connectivity index (χ3v) is 4.51. The second-order valence-electron chi connectivity index (χ2n) is 6.17. The molecular weight excluding hydrogens is 238 g/mol. The van der Waals surface area contributed by atoms with Crippen molar-refractivity contribution in [2.24, 2.45) is 0 Å². The van der Waals surface area contributed by atoms with Crippen LogP contribution in [0.1, 0.15) is 50.5 Å². The Balaban J connectivity index is 1.66. The summed E-state index contributed by atoms with van der Waals surface area (Å²) in [6.45, 7) is 6.32. The Labute approximate surface area is 115 Å². The van der Waals surface area contributed by atoms with Gasteiger partial charge in [-0.05, 0) is 45.6 Å². The van der Waals surface area contributed by atoms with E-state index in [0.717, 1.165) is 36.6 Å². The minimum absolute atomic E-state index is 0.712. The van der Waals surface area contributed by atoms with Gasteiger partial charge in [0.25, 0.3) is 0 Å². The van der Waals surface area contributed by atoms with Crippen LogP contribution in [0.15, 0.2) is 10.6 Å². The number of nitrogens with zero attached hydrogens (tertiary/aromatic N) is 2. The summed E-state index contributed by atoms with van der Waals surface area (Å²) in [6, 6.07) is 4.28. The smallest absolute Gasteiger partial charge is 0.150 e. The summed E-state index contributed by atoms with van der Waals surface area (Å²) in [5.41, 5.74) is 0.983. The Morgan fingerprint density at radius 3 is 2.68 bits per heavy atom. The Bertz CT molecular complexity index is 405. The number of aromatic nitrogens is 1. The molecule has 2 fully saturated rings. The van der Waals surface area contributed by atoms with Crippen LogP contribution in [0.5, 0.6) is 0 Å². The van der Waals surface area contributed by atoms with E-state index < -0.39 is 0 Å². The van der Waals surface area contributed by atoms with Gasteiger partial charge in [-0.1, -0.05) is 12.1 Å². The number of hydrogen-bond acceptors (Lipinski definition) is 4. The molecule has 19 heavy (non-hydrogen) atoms. The Morgan fingerprint density at radius 2 is 2.11 bits per heavy atom. The van der Waals surface area contributed by atoms with Crippen LogP contribution in [0.3, 0.4) is 0 Å². The van der Waals surface area contributed by atoms with E-state index in [1.54, 1.807) is 0 Å². The highest BCUT2D eigenvalue weighted by molar-refractivity contribution is 5.04. The van der Waals surface area contributed by atoms with Crippen molar-refractivity contribution in [2.45, 2.75) is 70.6 Å². The van der Waals surface area contributed by atoms with Crippen LogP contribution >= 0.6 is 0 Å². The molecule has 0 saturated carbocycles. The Hall–Kier alpha value is -0.870. The zero-order valence-electron chi connectivity index (χ0n) is 12.1. The van der Waals surface area contributed by atoms with E-state index in [2.05, 4.69) is 28.4 Å². The average molecular weight is 263 g/mol. The molecule has 0 aromatic carbocycles. The van der Waals surface area contributed by atoms with Crippen LogP contribution in [0.4, 0.5) is 0 Å². The molecule has 2 atom stereocenters. The van der Waals surface area contributed by atoms with Crippen molar-refractivity contribution < 1.29 is 4.52 Å². The van der Waals surface area contributed by atoms with Crippen LogP contribution in [0, 0.1) is 6.92 Å². The van der Waals surface area contributed by atoms with E-state index in [1.165, 1.54) is 32.1 Å². The number of nitrogens with one attached hydrogen (secondary N) is 1. The van der Waals surface area contributed by atoms with Crippen LogP contribution in [-0.4, -0.2) is 34.7 Å². The highest BCUT2D eigenvalue weighted by Crippen LogP contribution is 2.30. The fourth-order valence-corrected chi connectivity index (χ4v) is 3.69. The highest BCUT2D eigenvalue weighted by atomic mass is 16.5. The van der Waals surface area contributed by atoms with Gasteiger partial charge >= 0.3 is 0 Å². The van der Waals surface area contributed by atoms with E-state index >= 15 is 0 Å². The maximum absolute atomic E-state index is 5.39. The van der Waals surface area contributed by atoms with E-state index in [9.17, 15) is 0 Å². The predicted molar refractivity (Wildman–Crippen MR) is 74.9 cm³/mol. The summed E-state index contributed by atoms with van der Waals surface area (Å²) in [7, 11) is 0. The first-order chi connectivity index (χ1) is 9.24. The van der Waals surface area contributed by atoms with Gasteiger partial charge < -0.3 is 9.84 Å². The van der Waals surface area contributed by atoms with Gasteiger partial charge in [0.1, 0.15) is 0 Å². The zero-order chi connectivity index (χ0) is 13.2. The molecule has 0 aliphatic carbocycles. The lowest BCUT2D eigenvalue weighted by atomic mass is 9.98. The molecule has 0 spiro atoms. The fourth-order valence-electron chi connectivity index (χ4n) is 3.69. The van der Waals surface area contributed by atoms with Crippen molar-refractivity contribution in [3.63, 3.8) is 0 Å². The molecule has 1 N–H and O–H groups in total. The number of rotatable bonds is 5. The van der Waals surface area contributed by atoms with Crippen LogP contribution < -0.4 is 5.32 Å². The van der Waals surface area contributed by atoms with Gasteiger partial charge in [0.2, 0.25) is 0 Å². The molecule has 3 rings (SSSR count). The summed E-state index contributed by atoms with van der Waals surface area (Å²) in [4.78, 5) is 2.60. The second-order valence-corrected chi connectivity index (χ2v) is 6.17. The van der Waals surface area contributed by atoms with Gasteiger partial charge in [0.05, 0.1) is 12.2 Å². The molecule has 4 heteroatoms. The molecule has 2 aliphatic heterocycles. The molecule has 2 unspecified atom stereocenters. The van der Waals surface area contributed by atoms with Gasteiger partial charge in [-0.2, -0.15) is 0 Å². The molecular formula is C15H25N3O. The molecule has 2 aliphatic rings. The monoisotopic (exact) mass is 263 g/mol. The van der Waals surface area contributed by atoms with E-state index in [0.29, 0.717) is 6.04 Å². The zero-order valence-corrected chi connectivity index (χ0v) is 12.1. The van der Waals surface area contributed by atoms with Crippen LogP contribution in [0.25, 0.3) is 0 Å². The van der Waals surface area contributed by atoms with Crippen molar-refractivity contribution in [1.82, 2.24) is 15.4 Å².